The Labute approximate surface area is 104 Å². The molecule has 1 nitrogen and oxygen atoms in total. The van der Waals surface area contributed by atoms with E-state index in [4.69, 9.17) is 4.74 Å². The van der Waals surface area contributed by atoms with Gasteiger partial charge in [-0.15, -0.1) is 0 Å². The fourth-order valence-electron chi connectivity index (χ4n) is 1.40. The summed E-state index contributed by atoms with van der Waals surface area (Å²) in [6.07, 6.45) is 0. The zero-order valence-corrected chi connectivity index (χ0v) is 10.3. The topological polar surface area (TPSA) is 9.23 Å². The zero-order valence-electron chi connectivity index (χ0n) is 8.69. The molecule has 2 aromatic carbocycles. The van der Waals surface area contributed by atoms with Crippen LogP contribution in [0.5, 0.6) is 11.5 Å². The van der Waals surface area contributed by atoms with Gasteiger partial charge in [-0.1, -0.05) is 58.9 Å². The van der Waals surface area contributed by atoms with Gasteiger partial charge in [-0.25, -0.2) is 0 Å². The average molecular weight is 275 g/mol. The molecule has 0 bridgehead atoms. The third-order valence-corrected chi connectivity index (χ3v) is 2.58. The van der Waals surface area contributed by atoms with Crippen molar-refractivity contribution in [1.82, 2.24) is 0 Å². The molecule has 0 saturated carbocycles. The van der Waals surface area contributed by atoms with Crippen LogP contribution in [0.15, 0.2) is 61.2 Å². The van der Waals surface area contributed by atoms with Crippen molar-refractivity contribution < 1.29 is 4.74 Å². The van der Waals surface area contributed by atoms with E-state index in [-0.39, 0.29) is 0 Å². The lowest BCUT2D eigenvalue weighted by molar-refractivity contribution is 0.481. The largest absolute Gasteiger partial charge is 0.457 e. The van der Waals surface area contributed by atoms with Crippen LogP contribution in [0, 0.1) is 0 Å². The van der Waals surface area contributed by atoms with Gasteiger partial charge in [0.15, 0.2) is 0 Å². The molecule has 16 heavy (non-hydrogen) atoms. The molecule has 0 radical (unpaired) electrons. The molecule has 80 valence electrons. The number of ether oxygens (including phenoxy) is 1. The minimum absolute atomic E-state index is 0.801. The number of hydrogen-bond donors (Lipinski definition) is 0. The maximum atomic E-state index is 5.78. The number of para-hydroxylation sites is 2. The maximum absolute atomic E-state index is 5.78. The Hall–Kier alpha value is -1.54. The minimum Gasteiger partial charge on any atom is -0.457 e. The molecule has 0 aliphatic heterocycles. The summed E-state index contributed by atoms with van der Waals surface area (Å²) < 4.78 is 6.60. The zero-order chi connectivity index (χ0) is 11.4. The first-order valence-corrected chi connectivity index (χ1v) is 5.73. The van der Waals surface area contributed by atoms with Crippen LogP contribution in [-0.2, 0) is 0 Å². The first-order chi connectivity index (χ1) is 7.77. The van der Waals surface area contributed by atoms with Crippen molar-refractivity contribution in [1.29, 1.82) is 0 Å². The van der Waals surface area contributed by atoms with Crippen molar-refractivity contribution in [3.8, 4) is 11.5 Å². The fourth-order valence-corrected chi connectivity index (χ4v) is 1.72. The van der Waals surface area contributed by atoms with E-state index in [0.29, 0.717) is 0 Å². The molecule has 0 unspecified atom stereocenters. The van der Waals surface area contributed by atoms with Crippen LogP contribution in [0.25, 0.3) is 4.48 Å². The van der Waals surface area contributed by atoms with Crippen molar-refractivity contribution in [3.63, 3.8) is 0 Å². The predicted octanol–water partition coefficient (Wildman–Crippen LogP) is 4.84. The lowest BCUT2D eigenvalue weighted by atomic mass is 10.2. The van der Waals surface area contributed by atoms with Crippen molar-refractivity contribution in [2.75, 3.05) is 0 Å². The fraction of sp³-hybridized carbons (Fsp3) is 0. The molecule has 2 rings (SSSR count). The van der Waals surface area contributed by atoms with Gasteiger partial charge in [0.05, 0.1) is 0 Å². The van der Waals surface area contributed by atoms with Gasteiger partial charge in [-0.3, -0.25) is 0 Å². The molecule has 0 saturated heterocycles. The molecule has 0 atom stereocenters. The van der Waals surface area contributed by atoms with Crippen LogP contribution < -0.4 is 4.74 Å². The Balaban J connectivity index is 2.31. The van der Waals surface area contributed by atoms with Crippen LogP contribution in [0.4, 0.5) is 0 Å². The van der Waals surface area contributed by atoms with Crippen molar-refractivity contribution in [3.05, 3.63) is 66.7 Å². The molecular weight excluding hydrogens is 264 g/mol. The van der Waals surface area contributed by atoms with Gasteiger partial charge in [0.25, 0.3) is 0 Å². The van der Waals surface area contributed by atoms with Gasteiger partial charge < -0.3 is 4.74 Å². The van der Waals surface area contributed by atoms with Gasteiger partial charge in [0, 0.05) is 10.0 Å². The summed E-state index contributed by atoms with van der Waals surface area (Å²) in [5, 5.41) is 0. The van der Waals surface area contributed by atoms with E-state index < -0.39 is 0 Å². The second-order valence-corrected chi connectivity index (χ2v) is 4.27. The molecule has 0 aliphatic carbocycles. The van der Waals surface area contributed by atoms with E-state index in [1.807, 2.05) is 54.6 Å². The second-order valence-electron chi connectivity index (χ2n) is 3.32. The first-order valence-electron chi connectivity index (χ1n) is 4.94. The van der Waals surface area contributed by atoms with E-state index in [2.05, 4.69) is 22.5 Å². The highest BCUT2D eigenvalue weighted by molar-refractivity contribution is 9.15. The number of halogens is 1. The van der Waals surface area contributed by atoms with Crippen molar-refractivity contribution in [2.45, 2.75) is 0 Å². The molecule has 0 heterocycles. The summed E-state index contributed by atoms with van der Waals surface area (Å²) in [4.78, 5) is 0. The summed E-state index contributed by atoms with van der Waals surface area (Å²) in [7, 11) is 0. The first kappa shape index (κ1) is 11.0. The highest BCUT2D eigenvalue weighted by Gasteiger charge is 2.04. The predicted molar refractivity (Wildman–Crippen MR) is 70.9 cm³/mol. The lowest BCUT2D eigenvalue weighted by Gasteiger charge is -2.09. The highest BCUT2D eigenvalue weighted by Crippen LogP contribution is 2.31. The normalized spacial score (nSPS) is 9.81. The van der Waals surface area contributed by atoms with E-state index in [9.17, 15) is 0 Å². The summed E-state index contributed by atoms with van der Waals surface area (Å²) in [5.74, 6) is 1.62. The molecule has 2 heteroatoms. The second kappa shape index (κ2) is 4.99. The standard InChI is InChI=1S/C14H11BrO/c1-11(15)13-9-5-6-10-14(13)16-12-7-3-2-4-8-12/h2-10H,1H2. The molecule has 0 spiro atoms. The molecule has 2 aromatic rings. The maximum Gasteiger partial charge on any atom is 0.135 e. The van der Waals surface area contributed by atoms with Gasteiger partial charge in [-0.2, -0.15) is 0 Å². The summed E-state index contributed by atoms with van der Waals surface area (Å²) >= 11 is 3.37. The van der Waals surface area contributed by atoms with Crippen LogP contribution >= 0.6 is 15.9 Å². The van der Waals surface area contributed by atoms with Crippen LogP contribution in [0.3, 0.4) is 0 Å². The third-order valence-electron chi connectivity index (χ3n) is 2.15. The third kappa shape index (κ3) is 2.52. The van der Waals surface area contributed by atoms with Crippen molar-refractivity contribution >= 4 is 20.4 Å². The van der Waals surface area contributed by atoms with E-state index >= 15 is 0 Å². The highest BCUT2D eigenvalue weighted by atomic mass is 79.9. The van der Waals surface area contributed by atoms with Gasteiger partial charge in [-0.05, 0) is 18.2 Å². The average Bonchev–Trinajstić information content (AvgIpc) is 2.31. The van der Waals surface area contributed by atoms with E-state index in [1.165, 1.54) is 0 Å². The molecule has 0 aromatic heterocycles. The van der Waals surface area contributed by atoms with Crippen LogP contribution in [0.1, 0.15) is 5.56 Å². The Bertz CT molecular complexity index is 491. The minimum atomic E-state index is 0.801. The van der Waals surface area contributed by atoms with E-state index in [0.717, 1.165) is 21.5 Å². The monoisotopic (exact) mass is 274 g/mol. The SMILES string of the molecule is C=C(Br)c1ccccc1Oc1ccccc1. The summed E-state index contributed by atoms with van der Waals surface area (Å²) in [5.41, 5.74) is 0.964. The van der Waals surface area contributed by atoms with Gasteiger partial charge in [0.2, 0.25) is 0 Å². The Kier molecular flexibility index (Phi) is 3.42. The molecule has 0 N–H and O–H groups in total. The molecular formula is C14H11BrO. The van der Waals surface area contributed by atoms with Gasteiger partial charge in [0.1, 0.15) is 11.5 Å². The summed E-state index contributed by atoms with van der Waals surface area (Å²) in [6, 6.07) is 17.5. The molecule has 0 amide bonds. The number of hydrogen-bond acceptors (Lipinski definition) is 1. The van der Waals surface area contributed by atoms with Crippen LogP contribution in [0.2, 0.25) is 0 Å². The summed E-state index contributed by atoms with van der Waals surface area (Å²) in [6.45, 7) is 3.86. The quantitative estimate of drug-likeness (QED) is 0.778. The van der Waals surface area contributed by atoms with Gasteiger partial charge >= 0.3 is 0 Å². The Morgan fingerprint density at radius 2 is 1.56 bits per heavy atom. The Morgan fingerprint density at radius 1 is 0.938 bits per heavy atom. The number of rotatable bonds is 3. The van der Waals surface area contributed by atoms with Crippen molar-refractivity contribution in [2.24, 2.45) is 0 Å². The van der Waals surface area contributed by atoms with E-state index in [1.54, 1.807) is 0 Å². The van der Waals surface area contributed by atoms with Crippen LogP contribution in [-0.4, -0.2) is 0 Å². The lowest BCUT2D eigenvalue weighted by Crippen LogP contribution is -1.87. The molecule has 0 fully saturated rings. The Morgan fingerprint density at radius 3 is 2.25 bits per heavy atom. The molecule has 0 aliphatic rings. The number of benzene rings is 2. The smallest absolute Gasteiger partial charge is 0.135 e.